The van der Waals surface area contributed by atoms with Gasteiger partial charge in [-0.25, -0.2) is 0 Å². The summed E-state index contributed by atoms with van der Waals surface area (Å²) in [5.74, 6) is 0.290. The fraction of sp³-hybridized carbons (Fsp3) is 0.214. The third-order valence-corrected chi connectivity index (χ3v) is 3.56. The highest BCUT2D eigenvalue weighted by atomic mass is 79.9. The van der Waals surface area contributed by atoms with Crippen LogP contribution in [-0.2, 0) is 6.42 Å². The fourth-order valence-electron chi connectivity index (χ4n) is 1.92. The number of nitrogens with two attached hydrogens (primary N) is 1. The van der Waals surface area contributed by atoms with Crippen molar-refractivity contribution in [3.05, 3.63) is 63.3 Å². The lowest BCUT2D eigenvalue weighted by Gasteiger charge is -2.15. The third kappa shape index (κ3) is 3.55. The van der Waals surface area contributed by atoms with E-state index in [0.29, 0.717) is 12.5 Å². The average Bonchev–Trinajstić information content (AvgIpc) is 2.37. The molecule has 0 saturated carbocycles. The summed E-state index contributed by atoms with van der Waals surface area (Å²) in [5, 5.41) is 0.749. The first-order chi connectivity index (χ1) is 8.69. The monoisotopic (exact) mass is 324 g/mol. The maximum absolute atomic E-state index is 5.89. The summed E-state index contributed by atoms with van der Waals surface area (Å²) in [7, 11) is 0. The molecule has 1 aromatic heterocycles. The van der Waals surface area contributed by atoms with E-state index in [0.717, 1.165) is 15.9 Å². The van der Waals surface area contributed by atoms with Gasteiger partial charge in [-0.05, 0) is 58.2 Å². The zero-order valence-electron chi connectivity index (χ0n) is 9.81. The van der Waals surface area contributed by atoms with E-state index in [1.807, 2.05) is 30.5 Å². The van der Waals surface area contributed by atoms with Crippen LogP contribution in [0, 0.1) is 0 Å². The summed E-state index contributed by atoms with van der Waals surface area (Å²) < 4.78 is 0.992. The average molecular weight is 326 g/mol. The van der Waals surface area contributed by atoms with Gasteiger partial charge >= 0.3 is 0 Å². The van der Waals surface area contributed by atoms with Gasteiger partial charge in [-0.1, -0.05) is 23.7 Å². The molecule has 0 amide bonds. The molecule has 0 aliphatic heterocycles. The lowest BCUT2D eigenvalue weighted by atomic mass is 9.93. The summed E-state index contributed by atoms with van der Waals surface area (Å²) in [4.78, 5) is 4.17. The number of halogens is 2. The summed E-state index contributed by atoms with van der Waals surface area (Å²) >= 11 is 9.32. The number of benzene rings is 1. The van der Waals surface area contributed by atoms with Crippen LogP contribution in [-0.4, -0.2) is 11.5 Å². The van der Waals surface area contributed by atoms with Crippen molar-refractivity contribution in [1.29, 1.82) is 0 Å². The highest BCUT2D eigenvalue weighted by Crippen LogP contribution is 2.22. The van der Waals surface area contributed by atoms with Gasteiger partial charge in [0.05, 0.1) is 0 Å². The maximum atomic E-state index is 5.89. The van der Waals surface area contributed by atoms with E-state index in [1.165, 1.54) is 11.1 Å². The summed E-state index contributed by atoms with van der Waals surface area (Å²) in [6, 6.07) is 9.94. The molecule has 2 nitrogen and oxygen atoms in total. The Morgan fingerprint density at radius 2 is 1.94 bits per heavy atom. The van der Waals surface area contributed by atoms with Gasteiger partial charge in [0.2, 0.25) is 0 Å². The van der Waals surface area contributed by atoms with Gasteiger partial charge in [0.15, 0.2) is 0 Å². The molecule has 0 saturated heterocycles. The van der Waals surface area contributed by atoms with Gasteiger partial charge in [0.1, 0.15) is 0 Å². The molecule has 2 rings (SSSR count). The Balaban J connectivity index is 2.17. The molecule has 0 aliphatic carbocycles. The minimum atomic E-state index is 0.290. The molecular weight excluding hydrogens is 312 g/mol. The van der Waals surface area contributed by atoms with Crippen LogP contribution in [0.25, 0.3) is 0 Å². The van der Waals surface area contributed by atoms with Crippen molar-refractivity contribution >= 4 is 27.5 Å². The molecule has 1 aromatic carbocycles. The Hall–Kier alpha value is -0.900. The molecule has 2 aromatic rings. The smallest absolute Gasteiger partial charge is 0.0410 e. The molecular formula is C14H14BrClN2. The van der Waals surface area contributed by atoms with Crippen LogP contribution in [0.2, 0.25) is 5.02 Å². The number of rotatable bonds is 4. The van der Waals surface area contributed by atoms with E-state index in [1.54, 1.807) is 6.20 Å². The van der Waals surface area contributed by atoms with Crippen molar-refractivity contribution in [2.75, 3.05) is 6.54 Å². The van der Waals surface area contributed by atoms with Crippen LogP contribution >= 0.6 is 27.5 Å². The molecule has 0 aliphatic rings. The summed E-state index contributed by atoms with van der Waals surface area (Å²) in [5.41, 5.74) is 8.25. The van der Waals surface area contributed by atoms with Crippen molar-refractivity contribution < 1.29 is 0 Å². The maximum Gasteiger partial charge on any atom is 0.0410 e. The van der Waals surface area contributed by atoms with Crippen LogP contribution < -0.4 is 5.73 Å². The zero-order chi connectivity index (χ0) is 13.0. The van der Waals surface area contributed by atoms with Gasteiger partial charge in [-0.3, -0.25) is 4.98 Å². The minimum Gasteiger partial charge on any atom is -0.330 e. The largest absolute Gasteiger partial charge is 0.330 e. The van der Waals surface area contributed by atoms with Gasteiger partial charge in [-0.15, -0.1) is 0 Å². The molecule has 1 heterocycles. The quantitative estimate of drug-likeness (QED) is 0.929. The van der Waals surface area contributed by atoms with E-state index in [2.05, 4.69) is 27.0 Å². The third-order valence-electron chi connectivity index (χ3n) is 2.87. The molecule has 4 heteroatoms. The van der Waals surface area contributed by atoms with Crippen molar-refractivity contribution in [3.63, 3.8) is 0 Å². The first-order valence-corrected chi connectivity index (χ1v) is 6.91. The SMILES string of the molecule is NCC(Cc1cncc(Br)c1)c1ccc(Cl)cc1. The van der Waals surface area contributed by atoms with Crippen LogP contribution in [0.15, 0.2) is 47.2 Å². The molecule has 1 atom stereocenters. The van der Waals surface area contributed by atoms with E-state index in [9.17, 15) is 0 Å². The summed E-state index contributed by atoms with van der Waals surface area (Å²) in [6.07, 6.45) is 4.54. The predicted octanol–water partition coefficient (Wildman–Crippen LogP) is 3.78. The number of hydrogen-bond donors (Lipinski definition) is 1. The Morgan fingerprint density at radius 3 is 2.56 bits per heavy atom. The van der Waals surface area contributed by atoms with Crippen molar-refractivity contribution in [1.82, 2.24) is 4.98 Å². The first-order valence-electron chi connectivity index (χ1n) is 5.74. The normalized spacial score (nSPS) is 12.4. The fourth-order valence-corrected chi connectivity index (χ4v) is 2.46. The van der Waals surface area contributed by atoms with Crippen LogP contribution in [0.5, 0.6) is 0 Å². The molecule has 18 heavy (non-hydrogen) atoms. The van der Waals surface area contributed by atoms with Crippen molar-refractivity contribution in [3.8, 4) is 0 Å². The van der Waals surface area contributed by atoms with Gasteiger partial charge in [-0.2, -0.15) is 0 Å². The van der Waals surface area contributed by atoms with Crippen LogP contribution in [0.4, 0.5) is 0 Å². The van der Waals surface area contributed by atoms with Crippen LogP contribution in [0.3, 0.4) is 0 Å². The first kappa shape index (κ1) is 13.5. The number of aromatic nitrogens is 1. The predicted molar refractivity (Wildman–Crippen MR) is 78.9 cm³/mol. The highest BCUT2D eigenvalue weighted by Gasteiger charge is 2.11. The number of pyridine rings is 1. The van der Waals surface area contributed by atoms with E-state index in [-0.39, 0.29) is 0 Å². The lowest BCUT2D eigenvalue weighted by molar-refractivity contribution is 0.692. The van der Waals surface area contributed by atoms with Gasteiger partial charge < -0.3 is 5.73 Å². The van der Waals surface area contributed by atoms with Crippen molar-refractivity contribution in [2.45, 2.75) is 12.3 Å². The number of nitrogens with zero attached hydrogens (tertiary/aromatic N) is 1. The molecule has 0 fully saturated rings. The Labute approximate surface area is 120 Å². The van der Waals surface area contributed by atoms with Crippen molar-refractivity contribution in [2.24, 2.45) is 5.73 Å². The Kier molecular flexibility index (Phi) is 4.75. The topological polar surface area (TPSA) is 38.9 Å². The molecule has 0 spiro atoms. The van der Waals surface area contributed by atoms with E-state index < -0.39 is 0 Å². The Bertz CT molecular complexity index is 513. The molecule has 94 valence electrons. The Morgan fingerprint density at radius 1 is 1.22 bits per heavy atom. The second-order valence-electron chi connectivity index (χ2n) is 4.20. The minimum absolute atomic E-state index is 0.290. The molecule has 0 bridgehead atoms. The number of hydrogen-bond acceptors (Lipinski definition) is 2. The highest BCUT2D eigenvalue weighted by molar-refractivity contribution is 9.10. The standard InChI is InChI=1S/C14H14BrClN2/c15-13-6-10(8-18-9-13)5-12(7-17)11-1-3-14(16)4-2-11/h1-4,6,8-9,12H,5,7,17H2. The van der Waals surface area contributed by atoms with E-state index in [4.69, 9.17) is 17.3 Å². The molecule has 2 N–H and O–H groups in total. The second-order valence-corrected chi connectivity index (χ2v) is 5.55. The van der Waals surface area contributed by atoms with Gasteiger partial charge in [0.25, 0.3) is 0 Å². The van der Waals surface area contributed by atoms with Gasteiger partial charge in [0, 0.05) is 27.8 Å². The van der Waals surface area contributed by atoms with E-state index >= 15 is 0 Å². The zero-order valence-corrected chi connectivity index (χ0v) is 12.2. The molecule has 1 unspecified atom stereocenters. The van der Waals surface area contributed by atoms with Crippen LogP contribution in [0.1, 0.15) is 17.0 Å². The second kappa shape index (κ2) is 6.32. The molecule has 0 radical (unpaired) electrons. The lowest BCUT2D eigenvalue weighted by Crippen LogP contribution is -2.15. The summed E-state index contributed by atoms with van der Waals surface area (Å²) in [6.45, 7) is 0.605.